The van der Waals surface area contributed by atoms with E-state index in [9.17, 15) is 27.1 Å². The van der Waals surface area contributed by atoms with Crippen LogP contribution in [0.25, 0.3) is 0 Å². The molecule has 0 spiro atoms. The molecule has 4 rings (SSSR count). The average molecular weight is 488 g/mol. The van der Waals surface area contributed by atoms with E-state index < -0.39 is 21.8 Å². The summed E-state index contributed by atoms with van der Waals surface area (Å²) in [6.07, 6.45) is 0. The second-order valence-electron chi connectivity index (χ2n) is 7.98. The van der Waals surface area contributed by atoms with Gasteiger partial charge >= 0.3 is 5.97 Å². The first-order valence-electron chi connectivity index (χ1n) is 10.6. The summed E-state index contributed by atoms with van der Waals surface area (Å²) in [6.45, 7) is 3.45. The predicted octanol–water partition coefficient (Wildman–Crippen LogP) is 4.10. The van der Waals surface area contributed by atoms with Gasteiger partial charge in [-0.2, -0.15) is 0 Å². The molecule has 0 atom stereocenters. The van der Waals surface area contributed by atoms with Crippen molar-refractivity contribution >= 4 is 33.1 Å². The molecule has 3 aromatic rings. The zero-order chi connectivity index (χ0) is 24.5. The topological polar surface area (TPSA) is 90.0 Å². The molecular weight excluding hydrogens is 464 g/mol. The monoisotopic (exact) mass is 487 g/mol. The molecule has 1 heterocycles. The Bertz CT molecular complexity index is 1340. The fraction of sp³-hybridized carbons (Fsp3) is 0.208. The Kier molecular flexibility index (Phi) is 6.43. The Morgan fingerprint density at radius 3 is 2.21 bits per heavy atom. The minimum absolute atomic E-state index is 0.0507. The molecule has 3 aromatic carbocycles. The maximum Gasteiger partial charge on any atom is 0.337 e. The van der Waals surface area contributed by atoms with Crippen molar-refractivity contribution in [1.29, 1.82) is 0 Å². The van der Waals surface area contributed by atoms with Crippen LogP contribution in [0.1, 0.15) is 15.9 Å². The minimum Gasteiger partial charge on any atom is -0.478 e. The molecule has 10 heteroatoms. The summed E-state index contributed by atoms with van der Waals surface area (Å²) < 4.78 is 55.6. The van der Waals surface area contributed by atoms with Crippen molar-refractivity contribution in [1.82, 2.24) is 0 Å². The lowest BCUT2D eigenvalue weighted by Crippen LogP contribution is -2.47. The number of carbonyl (C=O) groups is 1. The average Bonchev–Trinajstić information content (AvgIpc) is 2.81. The highest BCUT2D eigenvalue weighted by atomic mass is 32.2. The van der Waals surface area contributed by atoms with E-state index in [1.54, 1.807) is 31.2 Å². The van der Waals surface area contributed by atoms with Crippen molar-refractivity contribution in [3.05, 3.63) is 83.4 Å². The van der Waals surface area contributed by atoms with Crippen LogP contribution < -0.4 is 14.5 Å². The van der Waals surface area contributed by atoms with Gasteiger partial charge in [-0.15, -0.1) is 0 Å². The molecule has 2 N–H and O–H groups in total. The molecule has 0 aliphatic carbocycles. The van der Waals surface area contributed by atoms with Gasteiger partial charge in [0.25, 0.3) is 10.0 Å². The van der Waals surface area contributed by atoms with Crippen molar-refractivity contribution in [3.63, 3.8) is 0 Å². The fourth-order valence-electron chi connectivity index (χ4n) is 4.02. The normalized spacial score (nSPS) is 14.2. The largest absolute Gasteiger partial charge is 0.478 e. The number of anilines is 3. The van der Waals surface area contributed by atoms with E-state index in [1.807, 2.05) is 9.80 Å². The second-order valence-corrected chi connectivity index (χ2v) is 9.63. The first-order valence-corrected chi connectivity index (χ1v) is 12.0. The van der Waals surface area contributed by atoms with Crippen LogP contribution in [0.2, 0.25) is 0 Å². The predicted molar refractivity (Wildman–Crippen MR) is 126 cm³/mol. The summed E-state index contributed by atoms with van der Waals surface area (Å²) in [5.74, 6) is -2.22. The number of hydrogen-bond acceptors (Lipinski definition) is 5. The number of rotatable bonds is 6. The number of piperazine rings is 1. The lowest BCUT2D eigenvalue weighted by Gasteiger charge is -2.38. The molecular formula is C24H23F2N3O4S. The Morgan fingerprint density at radius 2 is 1.56 bits per heavy atom. The Hall–Kier alpha value is -3.66. The van der Waals surface area contributed by atoms with Crippen LogP contribution in [0.15, 0.2) is 65.6 Å². The number of carboxylic acid groups (broad SMARTS) is 1. The number of sulfonamides is 1. The highest BCUT2D eigenvalue weighted by Gasteiger charge is 2.24. The second kappa shape index (κ2) is 9.30. The van der Waals surface area contributed by atoms with Gasteiger partial charge in [-0.1, -0.05) is 18.2 Å². The summed E-state index contributed by atoms with van der Waals surface area (Å²) in [5.41, 5.74) is 1.27. The summed E-state index contributed by atoms with van der Waals surface area (Å²) >= 11 is 0. The van der Waals surface area contributed by atoms with Crippen LogP contribution >= 0.6 is 0 Å². The van der Waals surface area contributed by atoms with E-state index in [-0.39, 0.29) is 22.0 Å². The van der Waals surface area contributed by atoms with E-state index in [1.165, 1.54) is 24.3 Å². The number of benzene rings is 3. The van der Waals surface area contributed by atoms with Gasteiger partial charge in [-0.05, 0) is 55.0 Å². The van der Waals surface area contributed by atoms with Crippen LogP contribution in [0, 0.1) is 18.6 Å². The van der Waals surface area contributed by atoms with Gasteiger partial charge in [-0.25, -0.2) is 22.0 Å². The summed E-state index contributed by atoms with van der Waals surface area (Å²) in [6, 6.07) is 14.2. The van der Waals surface area contributed by atoms with Crippen molar-refractivity contribution in [3.8, 4) is 0 Å². The molecule has 7 nitrogen and oxygen atoms in total. The van der Waals surface area contributed by atoms with Crippen molar-refractivity contribution in [2.75, 3.05) is 40.7 Å². The van der Waals surface area contributed by atoms with Crippen molar-refractivity contribution < 1.29 is 27.1 Å². The van der Waals surface area contributed by atoms with Crippen LogP contribution in [0.5, 0.6) is 0 Å². The standard InChI is InChI=1S/C24H23F2N3O4S/c1-16-6-7-17(25)14-23(16)34(32,33)27-18-8-9-21(19(15-18)24(30)31)28-10-12-29(13-11-28)22-5-3-2-4-20(22)26/h2-9,14-15,27H,10-13H2,1H3,(H,30,31). The molecule has 1 fully saturated rings. The number of carboxylic acids is 1. The first kappa shape index (κ1) is 23.5. The number of para-hydroxylation sites is 1. The quantitative estimate of drug-likeness (QED) is 0.544. The maximum atomic E-state index is 14.1. The smallest absolute Gasteiger partial charge is 0.337 e. The van der Waals surface area contributed by atoms with Gasteiger partial charge in [-0.3, -0.25) is 4.72 Å². The van der Waals surface area contributed by atoms with Crippen LogP contribution in [0.4, 0.5) is 25.8 Å². The number of nitrogens with one attached hydrogen (secondary N) is 1. The molecule has 0 aromatic heterocycles. The van der Waals surface area contributed by atoms with E-state index in [0.29, 0.717) is 43.1 Å². The van der Waals surface area contributed by atoms with Gasteiger partial charge in [0.2, 0.25) is 0 Å². The van der Waals surface area contributed by atoms with Crippen molar-refractivity contribution in [2.24, 2.45) is 0 Å². The fourth-order valence-corrected chi connectivity index (χ4v) is 5.32. The molecule has 1 aliphatic heterocycles. The Balaban J connectivity index is 1.55. The maximum absolute atomic E-state index is 14.1. The van der Waals surface area contributed by atoms with E-state index in [4.69, 9.17) is 0 Å². The molecule has 0 bridgehead atoms. The first-order chi connectivity index (χ1) is 16.2. The van der Waals surface area contributed by atoms with Gasteiger partial charge in [0.1, 0.15) is 11.6 Å². The molecule has 1 saturated heterocycles. The highest BCUT2D eigenvalue weighted by Crippen LogP contribution is 2.29. The third kappa shape index (κ3) is 4.81. The SMILES string of the molecule is Cc1ccc(F)cc1S(=O)(=O)Nc1ccc(N2CCN(c3ccccc3F)CC2)c(C(=O)O)c1. The van der Waals surface area contributed by atoms with Gasteiger partial charge in [0.05, 0.1) is 21.8 Å². The molecule has 0 radical (unpaired) electrons. The zero-order valence-corrected chi connectivity index (χ0v) is 19.1. The summed E-state index contributed by atoms with van der Waals surface area (Å²) in [4.78, 5) is 15.5. The number of hydrogen-bond donors (Lipinski definition) is 2. The molecule has 178 valence electrons. The molecule has 0 saturated carbocycles. The van der Waals surface area contributed by atoms with E-state index in [2.05, 4.69) is 4.72 Å². The number of aromatic carboxylic acids is 1. The number of nitrogens with zero attached hydrogens (tertiary/aromatic N) is 2. The Morgan fingerprint density at radius 1 is 0.912 bits per heavy atom. The van der Waals surface area contributed by atoms with Crippen LogP contribution in [0.3, 0.4) is 0 Å². The molecule has 1 aliphatic rings. The number of halogens is 2. The third-order valence-corrected chi connectivity index (χ3v) is 7.26. The molecule has 0 amide bonds. The summed E-state index contributed by atoms with van der Waals surface area (Å²) in [7, 11) is -4.13. The summed E-state index contributed by atoms with van der Waals surface area (Å²) in [5, 5.41) is 9.77. The van der Waals surface area contributed by atoms with Gasteiger partial charge < -0.3 is 14.9 Å². The zero-order valence-electron chi connectivity index (χ0n) is 18.3. The van der Waals surface area contributed by atoms with E-state index >= 15 is 0 Å². The van der Waals surface area contributed by atoms with Gasteiger partial charge in [0.15, 0.2) is 0 Å². The molecule has 34 heavy (non-hydrogen) atoms. The Labute approximate surface area is 196 Å². The lowest BCUT2D eigenvalue weighted by atomic mass is 10.1. The third-order valence-electron chi connectivity index (χ3n) is 5.73. The van der Waals surface area contributed by atoms with Gasteiger partial charge in [0, 0.05) is 31.9 Å². The minimum atomic E-state index is -4.13. The van der Waals surface area contributed by atoms with Crippen LogP contribution in [-0.4, -0.2) is 45.7 Å². The van der Waals surface area contributed by atoms with E-state index in [0.717, 1.165) is 12.1 Å². The highest BCUT2D eigenvalue weighted by molar-refractivity contribution is 7.92. The number of aryl methyl sites for hydroxylation is 1. The van der Waals surface area contributed by atoms with Crippen molar-refractivity contribution in [2.45, 2.75) is 11.8 Å². The lowest BCUT2D eigenvalue weighted by molar-refractivity contribution is 0.0697. The van der Waals surface area contributed by atoms with Crippen LogP contribution in [-0.2, 0) is 10.0 Å². The molecule has 0 unspecified atom stereocenters.